The molecule has 0 unspecified atom stereocenters. The van der Waals surface area contributed by atoms with Crippen LogP contribution in [0.25, 0.3) is 0 Å². The van der Waals surface area contributed by atoms with Gasteiger partial charge in [0.1, 0.15) is 12.9 Å². The molecule has 1 N–H and O–H groups in total. The topological polar surface area (TPSA) is 42.7 Å². The summed E-state index contributed by atoms with van der Waals surface area (Å²) in [5.74, 6) is 6.63. The summed E-state index contributed by atoms with van der Waals surface area (Å²) in [4.78, 5) is 4.19. The van der Waals surface area contributed by atoms with Crippen molar-refractivity contribution in [1.29, 1.82) is 0 Å². The maximum atomic E-state index is 4.29. The Bertz CT molecular complexity index is 354. The summed E-state index contributed by atoms with van der Waals surface area (Å²) in [5.41, 5.74) is 0. The van der Waals surface area contributed by atoms with Gasteiger partial charge < -0.3 is 5.32 Å². The van der Waals surface area contributed by atoms with E-state index in [2.05, 4.69) is 27.2 Å². The molecular weight excluding hydrogens is 176 g/mol. The van der Waals surface area contributed by atoms with E-state index < -0.39 is 0 Å². The minimum absolute atomic E-state index is 0.632. The monoisotopic (exact) mass is 190 g/mol. The molecule has 1 aromatic heterocycles. The van der Waals surface area contributed by atoms with Crippen LogP contribution in [0.2, 0.25) is 0 Å². The second kappa shape index (κ2) is 4.25. The third-order valence-corrected chi connectivity index (χ3v) is 2.13. The van der Waals surface area contributed by atoms with Crippen LogP contribution >= 0.6 is 0 Å². The van der Waals surface area contributed by atoms with Gasteiger partial charge in [0.2, 0.25) is 0 Å². The summed E-state index contributed by atoms with van der Waals surface area (Å²) in [6, 6.07) is 0.706. The average molecular weight is 190 g/mol. The Labute approximate surface area is 83.7 Å². The van der Waals surface area contributed by atoms with E-state index in [-0.39, 0.29) is 0 Å². The minimum Gasteiger partial charge on any atom is -0.307 e. The van der Waals surface area contributed by atoms with Gasteiger partial charge in [-0.1, -0.05) is 5.92 Å². The van der Waals surface area contributed by atoms with E-state index >= 15 is 0 Å². The van der Waals surface area contributed by atoms with Gasteiger partial charge in [0.25, 0.3) is 0 Å². The lowest BCUT2D eigenvalue weighted by atomic mass is 10.5. The highest BCUT2D eigenvalue weighted by Crippen LogP contribution is 2.18. The van der Waals surface area contributed by atoms with Gasteiger partial charge in [-0.25, -0.2) is 9.67 Å². The smallest absolute Gasteiger partial charge is 0.164 e. The highest BCUT2D eigenvalue weighted by molar-refractivity contribution is 4.95. The van der Waals surface area contributed by atoms with Gasteiger partial charge in [-0.05, 0) is 19.8 Å². The number of nitrogens with zero attached hydrogens (tertiary/aromatic N) is 3. The molecule has 1 aromatic rings. The maximum absolute atomic E-state index is 4.29. The van der Waals surface area contributed by atoms with E-state index in [1.54, 1.807) is 11.0 Å². The van der Waals surface area contributed by atoms with Crippen LogP contribution in [0.5, 0.6) is 0 Å². The van der Waals surface area contributed by atoms with Gasteiger partial charge in [-0.3, -0.25) is 0 Å². The van der Waals surface area contributed by atoms with Gasteiger partial charge in [-0.15, -0.1) is 5.92 Å². The standard InChI is InChI=1S/C10H14N4/c1-2-3-6-14-8-12-10(13-14)7-11-9-4-5-9/h8-9,11H,4-7H2,1H3. The van der Waals surface area contributed by atoms with Gasteiger partial charge in [0.05, 0.1) is 6.54 Å². The molecule has 0 aromatic carbocycles. The largest absolute Gasteiger partial charge is 0.307 e. The average Bonchev–Trinajstić information content (AvgIpc) is 2.92. The van der Waals surface area contributed by atoms with Crippen LogP contribution in [-0.2, 0) is 13.1 Å². The van der Waals surface area contributed by atoms with E-state index in [9.17, 15) is 0 Å². The van der Waals surface area contributed by atoms with E-state index in [0.29, 0.717) is 12.6 Å². The summed E-state index contributed by atoms with van der Waals surface area (Å²) in [5, 5.41) is 7.66. The second-order valence-corrected chi connectivity index (χ2v) is 3.44. The molecule has 0 bridgehead atoms. The van der Waals surface area contributed by atoms with E-state index in [4.69, 9.17) is 0 Å². The van der Waals surface area contributed by atoms with Crippen molar-refractivity contribution >= 4 is 0 Å². The minimum atomic E-state index is 0.632. The molecule has 14 heavy (non-hydrogen) atoms. The van der Waals surface area contributed by atoms with Gasteiger partial charge in [0.15, 0.2) is 5.82 Å². The van der Waals surface area contributed by atoms with Crippen molar-refractivity contribution in [3.8, 4) is 11.8 Å². The van der Waals surface area contributed by atoms with Crippen LogP contribution < -0.4 is 5.32 Å². The molecule has 1 fully saturated rings. The first kappa shape index (κ1) is 9.22. The van der Waals surface area contributed by atoms with Gasteiger partial charge in [-0.2, -0.15) is 5.10 Å². The molecule has 0 radical (unpaired) electrons. The lowest BCUT2D eigenvalue weighted by Crippen LogP contribution is -2.16. The first-order valence-electron chi connectivity index (χ1n) is 4.90. The molecule has 1 aliphatic rings. The molecule has 0 saturated heterocycles. The zero-order valence-electron chi connectivity index (χ0n) is 8.32. The second-order valence-electron chi connectivity index (χ2n) is 3.44. The SMILES string of the molecule is CC#CCn1cnc(CNC2CC2)n1. The molecule has 4 nitrogen and oxygen atoms in total. The lowest BCUT2D eigenvalue weighted by Gasteiger charge is -1.96. The zero-order chi connectivity index (χ0) is 9.80. The molecule has 74 valence electrons. The summed E-state index contributed by atoms with van der Waals surface area (Å²) >= 11 is 0. The Morgan fingerprint density at radius 1 is 1.64 bits per heavy atom. The van der Waals surface area contributed by atoms with Crippen LogP contribution in [0.4, 0.5) is 0 Å². The van der Waals surface area contributed by atoms with E-state index in [1.165, 1.54) is 12.8 Å². The van der Waals surface area contributed by atoms with Crippen molar-refractivity contribution in [2.45, 2.75) is 38.9 Å². The van der Waals surface area contributed by atoms with Crippen molar-refractivity contribution in [1.82, 2.24) is 20.1 Å². The van der Waals surface area contributed by atoms with Crippen LogP contribution in [0.1, 0.15) is 25.6 Å². The first-order chi connectivity index (χ1) is 6.88. The normalized spacial score (nSPS) is 14.9. The fraction of sp³-hybridized carbons (Fsp3) is 0.600. The lowest BCUT2D eigenvalue weighted by molar-refractivity contribution is 0.636. The molecule has 4 heteroatoms. The number of nitrogens with one attached hydrogen (secondary N) is 1. The fourth-order valence-corrected chi connectivity index (χ4v) is 1.17. The van der Waals surface area contributed by atoms with Gasteiger partial charge in [0, 0.05) is 6.04 Å². The Kier molecular flexibility index (Phi) is 2.80. The van der Waals surface area contributed by atoms with Crippen molar-refractivity contribution < 1.29 is 0 Å². The fourth-order valence-electron chi connectivity index (χ4n) is 1.17. The van der Waals surface area contributed by atoms with Crippen LogP contribution in [0.3, 0.4) is 0 Å². The number of rotatable bonds is 4. The molecule has 0 aliphatic heterocycles. The highest BCUT2D eigenvalue weighted by Gasteiger charge is 2.20. The Balaban J connectivity index is 1.83. The molecule has 0 spiro atoms. The van der Waals surface area contributed by atoms with E-state index in [0.717, 1.165) is 12.4 Å². The number of aromatic nitrogens is 3. The van der Waals surface area contributed by atoms with Crippen LogP contribution in [0, 0.1) is 11.8 Å². The molecule has 1 heterocycles. The Morgan fingerprint density at radius 3 is 3.21 bits per heavy atom. The molecule has 2 rings (SSSR count). The van der Waals surface area contributed by atoms with Crippen LogP contribution in [-0.4, -0.2) is 20.8 Å². The Hall–Kier alpha value is -1.34. The third-order valence-electron chi connectivity index (χ3n) is 2.13. The maximum Gasteiger partial charge on any atom is 0.164 e. The van der Waals surface area contributed by atoms with E-state index in [1.807, 2.05) is 6.92 Å². The Morgan fingerprint density at radius 2 is 2.50 bits per heavy atom. The number of hydrogen-bond acceptors (Lipinski definition) is 3. The van der Waals surface area contributed by atoms with Crippen molar-refractivity contribution in [2.75, 3.05) is 0 Å². The third kappa shape index (κ3) is 2.57. The summed E-state index contributed by atoms with van der Waals surface area (Å²) in [6.45, 7) is 3.23. The molecule has 1 aliphatic carbocycles. The molecular formula is C10H14N4. The van der Waals surface area contributed by atoms with Crippen molar-refractivity contribution in [2.24, 2.45) is 0 Å². The van der Waals surface area contributed by atoms with Gasteiger partial charge >= 0.3 is 0 Å². The molecule has 0 amide bonds. The van der Waals surface area contributed by atoms with Crippen molar-refractivity contribution in [3.63, 3.8) is 0 Å². The first-order valence-corrected chi connectivity index (χ1v) is 4.90. The molecule has 0 atom stereocenters. The summed E-state index contributed by atoms with van der Waals surface area (Å²) in [6.07, 6.45) is 4.32. The summed E-state index contributed by atoms with van der Waals surface area (Å²) in [7, 11) is 0. The molecule has 1 saturated carbocycles. The predicted molar refractivity (Wildman–Crippen MR) is 53.3 cm³/mol. The quantitative estimate of drug-likeness (QED) is 0.705. The number of hydrogen-bond donors (Lipinski definition) is 1. The van der Waals surface area contributed by atoms with Crippen LogP contribution in [0.15, 0.2) is 6.33 Å². The highest BCUT2D eigenvalue weighted by atomic mass is 15.3. The van der Waals surface area contributed by atoms with Crippen molar-refractivity contribution in [3.05, 3.63) is 12.2 Å². The summed E-state index contributed by atoms with van der Waals surface area (Å²) < 4.78 is 1.76. The zero-order valence-corrected chi connectivity index (χ0v) is 8.32. The predicted octanol–water partition coefficient (Wildman–Crippen LogP) is 0.553.